The minimum atomic E-state index is -0.383. The van der Waals surface area contributed by atoms with Crippen LogP contribution in [-0.2, 0) is 20.7 Å². The summed E-state index contributed by atoms with van der Waals surface area (Å²) in [6.45, 7) is 0. The van der Waals surface area contributed by atoms with Gasteiger partial charge in [-0.15, -0.1) is 0 Å². The summed E-state index contributed by atoms with van der Waals surface area (Å²) in [5.41, 5.74) is 1.20. The van der Waals surface area contributed by atoms with Crippen molar-refractivity contribution in [1.82, 2.24) is 5.32 Å². The highest BCUT2D eigenvalue weighted by Crippen LogP contribution is 2.16. The van der Waals surface area contributed by atoms with E-state index in [1.807, 2.05) is 30.3 Å². The van der Waals surface area contributed by atoms with Crippen LogP contribution in [0.15, 0.2) is 30.3 Å². The largest absolute Gasteiger partial charge is 0.469 e. The second-order valence-electron chi connectivity index (χ2n) is 4.56. The maximum atomic E-state index is 11.8. The number of benzene rings is 1. The van der Waals surface area contributed by atoms with Gasteiger partial charge in [0.15, 0.2) is 5.78 Å². The molecule has 2 rings (SSSR count). The number of ketones is 1. The molecule has 1 aromatic rings. The van der Waals surface area contributed by atoms with Gasteiger partial charge in [-0.3, -0.25) is 9.59 Å². The average Bonchev–Trinajstić information content (AvgIpc) is 2.70. The smallest absolute Gasteiger partial charge is 0.307 e. The number of hydrogen-bond acceptors (Lipinski definition) is 4. The van der Waals surface area contributed by atoms with Crippen LogP contribution < -0.4 is 5.32 Å². The van der Waals surface area contributed by atoms with Gasteiger partial charge < -0.3 is 10.1 Å². The minimum Gasteiger partial charge on any atom is -0.469 e. The lowest BCUT2D eigenvalue weighted by Gasteiger charge is -2.12. The molecular formula is C14H17NO3. The normalized spacial score (nSPS) is 23.1. The Morgan fingerprint density at radius 1 is 1.39 bits per heavy atom. The Bertz CT molecular complexity index is 430. The van der Waals surface area contributed by atoms with Crippen molar-refractivity contribution in [3.63, 3.8) is 0 Å². The first-order valence-electron chi connectivity index (χ1n) is 6.08. The van der Waals surface area contributed by atoms with E-state index in [0.29, 0.717) is 6.42 Å². The van der Waals surface area contributed by atoms with Gasteiger partial charge in [-0.25, -0.2) is 0 Å². The third-order valence-corrected chi connectivity index (χ3v) is 3.20. The molecule has 2 atom stereocenters. The van der Waals surface area contributed by atoms with E-state index in [1.54, 1.807) is 0 Å². The summed E-state index contributed by atoms with van der Waals surface area (Å²) in [4.78, 5) is 22.9. The van der Waals surface area contributed by atoms with Crippen LogP contribution in [-0.4, -0.2) is 30.9 Å². The number of hydrogen-bond donors (Lipinski definition) is 1. The third-order valence-electron chi connectivity index (χ3n) is 3.20. The van der Waals surface area contributed by atoms with Gasteiger partial charge in [0.05, 0.1) is 19.6 Å². The molecule has 4 nitrogen and oxygen atoms in total. The van der Waals surface area contributed by atoms with Gasteiger partial charge >= 0.3 is 5.97 Å². The van der Waals surface area contributed by atoms with Crippen molar-refractivity contribution in [2.75, 3.05) is 7.11 Å². The number of Topliss-reactive ketones (excluding diaryl/α,β-unsaturated/α-hetero) is 1. The number of esters is 1. The van der Waals surface area contributed by atoms with Crippen LogP contribution in [0.3, 0.4) is 0 Å². The Kier molecular flexibility index (Phi) is 4.10. The monoisotopic (exact) mass is 247 g/mol. The van der Waals surface area contributed by atoms with E-state index < -0.39 is 0 Å². The summed E-state index contributed by atoms with van der Waals surface area (Å²) in [5.74, 6) is -0.248. The molecule has 1 fully saturated rings. The maximum absolute atomic E-state index is 11.8. The van der Waals surface area contributed by atoms with Gasteiger partial charge in [0.2, 0.25) is 0 Å². The summed E-state index contributed by atoms with van der Waals surface area (Å²) in [6, 6.07) is 9.76. The number of carbonyl (C=O) groups excluding carboxylic acids is 2. The summed E-state index contributed by atoms with van der Waals surface area (Å²) < 4.78 is 4.58. The van der Waals surface area contributed by atoms with Crippen LogP contribution in [0.4, 0.5) is 0 Å². The number of rotatable bonds is 4. The summed E-state index contributed by atoms with van der Waals surface area (Å²) >= 11 is 0. The van der Waals surface area contributed by atoms with E-state index in [1.165, 1.54) is 12.7 Å². The van der Waals surface area contributed by atoms with Gasteiger partial charge in [0.1, 0.15) is 0 Å². The van der Waals surface area contributed by atoms with Crippen LogP contribution in [0.2, 0.25) is 0 Å². The Labute approximate surface area is 106 Å². The molecule has 1 N–H and O–H groups in total. The van der Waals surface area contributed by atoms with Crippen molar-refractivity contribution >= 4 is 11.8 Å². The predicted octanol–water partition coefficient (Wildman–Crippen LogP) is 1.09. The molecule has 96 valence electrons. The second-order valence-corrected chi connectivity index (χ2v) is 4.56. The fraction of sp³-hybridized carbons (Fsp3) is 0.429. The molecule has 0 spiro atoms. The van der Waals surface area contributed by atoms with Crippen LogP contribution in [0.25, 0.3) is 0 Å². The zero-order valence-electron chi connectivity index (χ0n) is 10.4. The third kappa shape index (κ3) is 3.17. The molecule has 0 aliphatic carbocycles. The van der Waals surface area contributed by atoms with E-state index in [4.69, 9.17) is 0 Å². The summed E-state index contributed by atoms with van der Waals surface area (Å²) in [7, 11) is 1.34. The predicted molar refractivity (Wildman–Crippen MR) is 67.1 cm³/mol. The molecule has 4 heteroatoms. The fourth-order valence-electron chi connectivity index (χ4n) is 2.27. The standard InChI is InChI=1S/C14H17NO3/c1-18-14(17)9-12-13(16)8-11(15-12)7-10-5-3-2-4-6-10/h2-6,11-12,15H,7-9H2,1H3/t11-,12+/m0/s1. The zero-order chi connectivity index (χ0) is 13.0. The fourth-order valence-corrected chi connectivity index (χ4v) is 2.27. The molecule has 1 aliphatic rings. The first-order chi connectivity index (χ1) is 8.69. The molecule has 0 saturated carbocycles. The molecule has 0 radical (unpaired) electrons. The highest BCUT2D eigenvalue weighted by Gasteiger charge is 2.33. The molecule has 18 heavy (non-hydrogen) atoms. The van der Waals surface area contributed by atoms with Gasteiger partial charge in [0.25, 0.3) is 0 Å². The Morgan fingerprint density at radius 2 is 2.11 bits per heavy atom. The molecule has 1 saturated heterocycles. The van der Waals surface area contributed by atoms with Crippen molar-refractivity contribution in [3.05, 3.63) is 35.9 Å². The molecule has 1 aliphatic heterocycles. The van der Waals surface area contributed by atoms with Crippen LogP contribution >= 0.6 is 0 Å². The Hall–Kier alpha value is -1.68. The highest BCUT2D eigenvalue weighted by molar-refractivity contribution is 5.90. The highest BCUT2D eigenvalue weighted by atomic mass is 16.5. The SMILES string of the molecule is COC(=O)C[C@H]1N[C@@H](Cc2ccccc2)CC1=O. The first kappa shape index (κ1) is 12.8. The van der Waals surface area contributed by atoms with Crippen LogP contribution in [0.5, 0.6) is 0 Å². The van der Waals surface area contributed by atoms with Gasteiger partial charge in [-0.1, -0.05) is 30.3 Å². The number of methoxy groups -OCH3 is 1. The molecule has 0 aromatic heterocycles. The van der Waals surface area contributed by atoms with E-state index >= 15 is 0 Å². The molecule has 1 aromatic carbocycles. The first-order valence-corrected chi connectivity index (χ1v) is 6.08. The number of nitrogens with one attached hydrogen (secondary N) is 1. The quantitative estimate of drug-likeness (QED) is 0.809. The van der Waals surface area contributed by atoms with Crippen molar-refractivity contribution < 1.29 is 14.3 Å². The zero-order valence-corrected chi connectivity index (χ0v) is 10.4. The number of ether oxygens (including phenoxy) is 1. The van der Waals surface area contributed by atoms with Crippen LogP contribution in [0, 0.1) is 0 Å². The molecular weight excluding hydrogens is 230 g/mol. The average molecular weight is 247 g/mol. The molecule has 0 amide bonds. The Morgan fingerprint density at radius 3 is 2.78 bits per heavy atom. The summed E-state index contributed by atoms with van der Waals surface area (Å²) in [6.07, 6.45) is 1.42. The lowest BCUT2D eigenvalue weighted by atomic mass is 10.0. The molecule has 1 heterocycles. The van der Waals surface area contributed by atoms with Crippen LogP contribution in [0.1, 0.15) is 18.4 Å². The van der Waals surface area contributed by atoms with Crippen molar-refractivity contribution in [1.29, 1.82) is 0 Å². The lowest BCUT2D eigenvalue weighted by molar-refractivity contribution is -0.142. The second kappa shape index (κ2) is 5.78. The van der Waals surface area contributed by atoms with Gasteiger partial charge in [-0.2, -0.15) is 0 Å². The van der Waals surface area contributed by atoms with Gasteiger partial charge in [-0.05, 0) is 12.0 Å². The lowest BCUT2D eigenvalue weighted by Crippen LogP contribution is -2.34. The van der Waals surface area contributed by atoms with E-state index in [9.17, 15) is 9.59 Å². The maximum Gasteiger partial charge on any atom is 0.307 e. The van der Waals surface area contributed by atoms with Crippen molar-refractivity contribution in [2.45, 2.75) is 31.3 Å². The Balaban J connectivity index is 1.90. The minimum absolute atomic E-state index is 0.0985. The summed E-state index contributed by atoms with van der Waals surface area (Å²) in [5, 5.41) is 3.20. The van der Waals surface area contributed by atoms with Crippen molar-refractivity contribution in [2.24, 2.45) is 0 Å². The van der Waals surface area contributed by atoms with E-state index in [-0.39, 0.29) is 30.3 Å². The van der Waals surface area contributed by atoms with E-state index in [0.717, 1.165) is 6.42 Å². The molecule has 0 bridgehead atoms. The molecule has 0 unspecified atom stereocenters. The topological polar surface area (TPSA) is 55.4 Å². The van der Waals surface area contributed by atoms with E-state index in [2.05, 4.69) is 10.1 Å². The van der Waals surface area contributed by atoms with Gasteiger partial charge in [0, 0.05) is 12.5 Å². The number of carbonyl (C=O) groups is 2. The van der Waals surface area contributed by atoms with Crippen molar-refractivity contribution in [3.8, 4) is 0 Å².